The van der Waals surface area contributed by atoms with Crippen LogP contribution in [0.15, 0.2) is 23.8 Å². The van der Waals surface area contributed by atoms with Crippen LogP contribution >= 0.6 is 0 Å². The Labute approximate surface area is 158 Å². The average molecular weight is 366 g/mol. The fraction of sp³-hybridized carbons (Fsp3) is 0.762. The number of carbonyl (C=O) groups is 1. The van der Waals surface area contributed by atoms with Gasteiger partial charge in [0.25, 0.3) is 0 Å². The molecule has 0 amide bonds. The summed E-state index contributed by atoms with van der Waals surface area (Å²) >= 11 is 0. The van der Waals surface area contributed by atoms with Crippen molar-refractivity contribution < 1.29 is 27.3 Å². The van der Waals surface area contributed by atoms with Gasteiger partial charge in [-0.2, -0.15) is 0 Å². The molecule has 0 aromatic rings. The van der Waals surface area contributed by atoms with E-state index in [9.17, 15) is 4.79 Å². The number of quaternary nitrogens is 1. The Kier molecular flexibility index (Phi) is 5.95. The predicted molar refractivity (Wildman–Crippen MR) is 94.2 cm³/mol. The lowest BCUT2D eigenvalue weighted by Gasteiger charge is -2.41. The van der Waals surface area contributed by atoms with E-state index in [0.29, 0.717) is 23.8 Å². The van der Waals surface area contributed by atoms with Gasteiger partial charge in [-0.15, -0.1) is 0 Å². The molecule has 0 spiro atoms. The van der Waals surface area contributed by atoms with Gasteiger partial charge in [-0.05, 0) is 63.4 Å². The number of hydrogen-bond acceptors (Lipinski definition) is 2. The summed E-state index contributed by atoms with van der Waals surface area (Å²) in [4.78, 5) is 12.3. The highest BCUT2D eigenvalue weighted by molar-refractivity contribution is 5.92. The fourth-order valence-electron chi connectivity index (χ4n) is 5.75. The van der Waals surface area contributed by atoms with Gasteiger partial charge in [0.1, 0.15) is 12.1 Å². The topological polar surface area (TPSA) is 42.9 Å². The highest BCUT2D eigenvalue weighted by Gasteiger charge is 2.49. The van der Waals surface area contributed by atoms with Crippen LogP contribution in [-0.4, -0.2) is 24.2 Å². The van der Waals surface area contributed by atoms with Crippen molar-refractivity contribution in [2.45, 2.75) is 77.0 Å². The first-order valence-corrected chi connectivity index (χ1v) is 10.1. The van der Waals surface area contributed by atoms with E-state index in [0.717, 1.165) is 11.6 Å². The molecule has 2 aliphatic carbocycles. The van der Waals surface area contributed by atoms with Crippen LogP contribution in [0.3, 0.4) is 0 Å². The minimum Gasteiger partial charge on any atom is -1.00 e. The monoisotopic (exact) mass is 365 g/mol. The van der Waals surface area contributed by atoms with Crippen LogP contribution in [0.4, 0.5) is 0 Å². The Morgan fingerprint density at radius 3 is 2.68 bits per heavy atom. The molecule has 7 atom stereocenters. The SMILES string of the molecule is C[C@@H]1OC(=O)C2=C[C@H]3CCCC[C@@H]3[C@@H](/C=C/[C@H]3CCC[C@H](C)[NH2+]3)[C@H]21.[Cl-]. The molecule has 2 heterocycles. The molecule has 0 aromatic carbocycles. The van der Waals surface area contributed by atoms with Crippen LogP contribution in [0.5, 0.6) is 0 Å². The summed E-state index contributed by atoms with van der Waals surface area (Å²) in [5.74, 6) is 2.03. The summed E-state index contributed by atoms with van der Waals surface area (Å²) < 4.78 is 5.60. The van der Waals surface area contributed by atoms with Crippen LogP contribution in [0.1, 0.15) is 58.8 Å². The minimum atomic E-state index is -0.0484. The van der Waals surface area contributed by atoms with Crippen molar-refractivity contribution >= 4 is 5.97 Å². The van der Waals surface area contributed by atoms with Crippen molar-refractivity contribution in [2.75, 3.05) is 0 Å². The zero-order chi connectivity index (χ0) is 16.7. The number of ether oxygens (including phenoxy) is 1. The number of halogens is 1. The molecule has 140 valence electrons. The van der Waals surface area contributed by atoms with E-state index in [4.69, 9.17) is 4.74 Å². The van der Waals surface area contributed by atoms with Crippen LogP contribution in [0.25, 0.3) is 0 Å². The van der Waals surface area contributed by atoms with E-state index >= 15 is 0 Å². The largest absolute Gasteiger partial charge is 1.00 e. The number of piperidine rings is 1. The van der Waals surface area contributed by atoms with Crippen LogP contribution in [-0.2, 0) is 9.53 Å². The van der Waals surface area contributed by atoms with E-state index in [1.807, 2.05) is 0 Å². The molecule has 0 aromatic heterocycles. The first-order valence-electron chi connectivity index (χ1n) is 10.1. The molecule has 0 unspecified atom stereocenters. The van der Waals surface area contributed by atoms with Gasteiger partial charge in [-0.25, -0.2) is 4.79 Å². The standard InChI is InChI=1S/C21H31NO2.ClH/c1-13-6-5-8-16(22-13)10-11-18-17-9-4-3-7-15(17)12-19-20(18)14(2)24-21(19)23;/h10-18,20,22H,3-9H2,1-2H3;1H/b11-10+;/t13-,14-,15+,16+,17-,18+,20+;/m0./s1. The summed E-state index contributed by atoms with van der Waals surface area (Å²) in [6.07, 6.45) is 16.5. The number of allylic oxidation sites excluding steroid dienone is 2. The molecule has 4 rings (SSSR count). The zero-order valence-corrected chi connectivity index (χ0v) is 16.3. The first-order chi connectivity index (χ1) is 11.6. The molecule has 2 aliphatic heterocycles. The van der Waals surface area contributed by atoms with Crippen molar-refractivity contribution in [3.63, 3.8) is 0 Å². The number of fused-ring (bicyclic) bond motifs is 2. The molecule has 0 bridgehead atoms. The molecular weight excluding hydrogens is 334 g/mol. The lowest BCUT2D eigenvalue weighted by Crippen LogP contribution is -3.00. The molecule has 3 fully saturated rings. The second-order valence-electron chi connectivity index (χ2n) is 8.60. The molecule has 4 heteroatoms. The number of rotatable bonds is 2. The average Bonchev–Trinajstić information content (AvgIpc) is 2.86. The summed E-state index contributed by atoms with van der Waals surface area (Å²) in [6.45, 7) is 4.42. The van der Waals surface area contributed by atoms with Gasteiger partial charge >= 0.3 is 5.97 Å². The van der Waals surface area contributed by atoms with Crippen LogP contribution < -0.4 is 17.7 Å². The third kappa shape index (κ3) is 3.68. The van der Waals surface area contributed by atoms with Gasteiger partial charge in [0.15, 0.2) is 0 Å². The molecule has 2 N–H and O–H groups in total. The smallest absolute Gasteiger partial charge is 0.334 e. The maximum absolute atomic E-state index is 12.3. The molecule has 3 nitrogen and oxygen atoms in total. The Bertz CT molecular complexity index is 558. The van der Waals surface area contributed by atoms with Gasteiger partial charge in [0.05, 0.1) is 6.04 Å². The van der Waals surface area contributed by atoms with Gasteiger partial charge in [0, 0.05) is 17.9 Å². The minimum absolute atomic E-state index is 0. The lowest BCUT2D eigenvalue weighted by molar-refractivity contribution is -0.717. The molecule has 4 aliphatic rings. The summed E-state index contributed by atoms with van der Waals surface area (Å²) in [5, 5.41) is 2.53. The molecule has 1 saturated carbocycles. The summed E-state index contributed by atoms with van der Waals surface area (Å²) in [5.41, 5.74) is 0.987. The Hall–Kier alpha value is -0.800. The Morgan fingerprint density at radius 1 is 1.08 bits per heavy atom. The van der Waals surface area contributed by atoms with Gasteiger partial charge in [-0.1, -0.05) is 25.0 Å². The van der Waals surface area contributed by atoms with Gasteiger partial charge in [-0.3, -0.25) is 0 Å². The highest BCUT2D eigenvalue weighted by atomic mass is 35.5. The third-order valence-electron chi connectivity index (χ3n) is 6.92. The van der Waals surface area contributed by atoms with Crippen LogP contribution in [0.2, 0.25) is 0 Å². The second kappa shape index (κ2) is 7.84. The van der Waals surface area contributed by atoms with Crippen molar-refractivity contribution in [1.82, 2.24) is 0 Å². The highest BCUT2D eigenvalue weighted by Crippen LogP contribution is 2.50. The van der Waals surface area contributed by atoms with Gasteiger partial charge in [0.2, 0.25) is 0 Å². The third-order valence-corrected chi connectivity index (χ3v) is 6.92. The number of carbonyl (C=O) groups excluding carboxylic acids is 1. The van der Waals surface area contributed by atoms with E-state index in [1.165, 1.54) is 44.9 Å². The van der Waals surface area contributed by atoms with Crippen molar-refractivity contribution in [2.24, 2.45) is 23.7 Å². The van der Waals surface area contributed by atoms with E-state index < -0.39 is 0 Å². The van der Waals surface area contributed by atoms with Crippen LogP contribution in [0, 0.1) is 23.7 Å². The van der Waals surface area contributed by atoms with E-state index in [1.54, 1.807) is 0 Å². The maximum atomic E-state index is 12.3. The fourth-order valence-corrected chi connectivity index (χ4v) is 5.75. The normalized spacial score (nSPS) is 43.7. The molecule has 0 radical (unpaired) electrons. The number of cyclic esters (lactones) is 1. The zero-order valence-electron chi connectivity index (χ0n) is 15.5. The molecular formula is C21H32ClNO2. The van der Waals surface area contributed by atoms with E-state index in [-0.39, 0.29) is 30.4 Å². The maximum Gasteiger partial charge on any atom is 0.334 e. The number of nitrogens with two attached hydrogens (primary N) is 1. The number of esters is 1. The van der Waals surface area contributed by atoms with Crippen molar-refractivity contribution in [3.05, 3.63) is 23.8 Å². The Morgan fingerprint density at radius 2 is 1.88 bits per heavy atom. The first kappa shape index (κ1) is 19.0. The lowest BCUT2D eigenvalue weighted by atomic mass is 9.61. The second-order valence-corrected chi connectivity index (χ2v) is 8.60. The summed E-state index contributed by atoms with van der Waals surface area (Å²) in [7, 11) is 0. The van der Waals surface area contributed by atoms with Gasteiger partial charge < -0.3 is 22.5 Å². The van der Waals surface area contributed by atoms with Crippen molar-refractivity contribution in [1.29, 1.82) is 0 Å². The summed E-state index contributed by atoms with van der Waals surface area (Å²) in [6, 6.07) is 1.37. The Balaban J connectivity index is 0.00000182. The van der Waals surface area contributed by atoms with Crippen molar-refractivity contribution in [3.8, 4) is 0 Å². The predicted octanol–water partition coefficient (Wildman–Crippen LogP) is -0.0249. The van der Waals surface area contributed by atoms with E-state index in [2.05, 4.69) is 37.4 Å². The quantitative estimate of drug-likeness (QED) is 0.552. The molecule has 2 saturated heterocycles. The number of hydrogen-bond donors (Lipinski definition) is 1. The molecule has 25 heavy (non-hydrogen) atoms.